The van der Waals surface area contributed by atoms with Gasteiger partial charge in [0, 0.05) is 55.6 Å². The second kappa shape index (κ2) is 12.6. The summed E-state index contributed by atoms with van der Waals surface area (Å²) in [6.07, 6.45) is 5.62. The minimum absolute atomic E-state index is 0.0224. The van der Waals surface area contributed by atoms with Crippen LogP contribution in [-0.2, 0) is 24.7 Å². The Hall–Kier alpha value is -1.73. The van der Waals surface area contributed by atoms with Gasteiger partial charge in [-0.2, -0.15) is 4.31 Å². The molecule has 2 heterocycles. The van der Waals surface area contributed by atoms with Crippen LogP contribution in [0.1, 0.15) is 57.9 Å². The van der Waals surface area contributed by atoms with E-state index in [0.717, 1.165) is 50.9 Å². The molecule has 4 aliphatic rings. The monoisotopic (exact) mass is 637 g/mol. The molecule has 242 valence electrons. The molecule has 2 aliphatic carbocycles. The van der Waals surface area contributed by atoms with Gasteiger partial charge in [-0.15, -0.1) is 0 Å². The first-order valence-electron chi connectivity index (χ1n) is 16.0. The lowest BCUT2D eigenvalue weighted by atomic mass is 9.69. The Bertz CT molecular complexity index is 1370. The maximum Gasteiger partial charge on any atom is 0.237 e. The van der Waals surface area contributed by atoms with Crippen molar-refractivity contribution in [3.8, 4) is 0 Å². The number of para-hydroxylation sites is 1. The highest BCUT2D eigenvalue weighted by molar-refractivity contribution is 7.90. The minimum atomic E-state index is -3.59. The van der Waals surface area contributed by atoms with Gasteiger partial charge in [-0.1, -0.05) is 32.0 Å². The third-order valence-corrected chi connectivity index (χ3v) is 14.2. The molecule has 3 N–H and O–H groups in total. The highest BCUT2D eigenvalue weighted by Crippen LogP contribution is 2.66. The SMILES string of the molecule is Cc1ccccc1N1CCN(S(=O)(=O)C[C@]23CC[C@H](C[C@@H]2NC(=O)[C@H](CCS(C)(=O)=O)NC2CCNCC2)C3(C)C)CC1. The van der Waals surface area contributed by atoms with E-state index in [1.807, 2.05) is 12.1 Å². The van der Waals surface area contributed by atoms with Gasteiger partial charge >= 0.3 is 0 Å². The van der Waals surface area contributed by atoms with Crippen LogP contribution < -0.4 is 20.9 Å². The van der Waals surface area contributed by atoms with E-state index in [9.17, 15) is 21.6 Å². The number of hydrogen-bond acceptors (Lipinski definition) is 8. The van der Waals surface area contributed by atoms with Crippen LogP contribution in [0.5, 0.6) is 0 Å². The zero-order chi connectivity index (χ0) is 31.0. The summed E-state index contributed by atoms with van der Waals surface area (Å²) in [6.45, 7) is 10.3. The predicted octanol–water partition coefficient (Wildman–Crippen LogP) is 1.90. The highest BCUT2D eigenvalue weighted by Gasteiger charge is 2.66. The van der Waals surface area contributed by atoms with Gasteiger partial charge in [-0.25, -0.2) is 16.8 Å². The Balaban J connectivity index is 1.30. The molecular formula is C31H51N5O5S2. The van der Waals surface area contributed by atoms with E-state index in [1.165, 1.54) is 11.8 Å². The molecule has 2 saturated heterocycles. The van der Waals surface area contributed by atoms with Gasteiger partial charge in [0.2, 0.25) is 15.9 Å². The molecule has 1 amide bonds. The number of fused-ring (bicyclic) bond motifs is 2. The maximum absolute atomic E-state index is 14.1. The summed E-state index contributed by atoms with van der Waals surface area (Å²) in [5, 5.41) is 10.1. The molecule has 2 bridgehead atoms. The van der Waals surface area contributed by atoms with Crippen LogP contribution in [0.25, 0.3) is 0 Å². The molecule has 0 unspecified atom stereocenters. The average Bonchev–Trinajstić information content (AvgIpc) is 3.30. The van der Waals surface area contributed by atoms with Crippen LogP contribution >= 0.6 is 0 Å². The van der Waals surface area contributed by atoms with E-state index in [0.29, 0.717) is 32.1 Å². The van der Waals surface area contributed by atoms with Crippen LogP contribution in [0, 0.1) is 23.7 Å². The van der Waals surface area contributed by atoms with Gasteiger partial charge < -0.3 is 20.9 Å². The van der Waals surface area contributed by atoms with Gasteiger partial charge in [0.25, 0.3) is 0 Å². The number of hydrogen-bond donors (Lipinski definition) is 3. The quantitative estimate of drug-likeness (QED) is 0.336. The Morgan fingerprint density at radius 2 is 1.72 bits per heavy atom. The van der Waals surface area contributed by atoms with E-state index in [1.54, 1.807) is 4.31 Å². The number of benzene rings is 1. The van der Waals surface area contributed by atoms with Crippen molar-refractivity contribution in [2.75, 3.05) is 61.9 Å². The number of nitrogens with zero attached hydrogens (tertiary/aromatic N) is 2. The van der Waals surface area contributed by atoms with E-state index < -0.39 is 31.3 Å². The molecule has 4 atom stereocenters. The lowest BCUT2D eigenvalue weighted by Gasteiger charge is -2.45. The number of amides is 1. The van der Waals surface area contributed by atoms with Crippen LogP contribution in [0.15, 0.2) is 24.3 Å². The molecule has 10 nitrogen and oxygen atoms in total. The molecule has 0 spiro atoms. The van der Waals surface area contributed by atoms with Gasteiger partial charge in [0.05, 0.1) is 17.5 Å². The van der Waals surface area contributed by atoms with Crippen molar-refractivity contribution in [2.24, 2.45) is 16.7 Å². The zero-order valence-corrected chi connectivity index (χ0v) is 27.9. The number of sulfone groups is 1. The molecule has 5 rings (SSSR count). The second-order valence-corrected chi connectivity index (χ2v) is 18.2. The number of piperazine rings is 1. The smallest absolute Gasteiger partial charge is 0.237 e. The minimum Gasteiger partial charge on any atom is -0.369 e. The Morgan fingerprint density at radius 1 is 1.05 bits per heavy atom. The first-order chi connectivity index (χ1) is 20.2. The van der Waals surface area contributed by atoms with Crippen molar-refractivity contribution in [1.82, 2.24) is 20.3 Å². The first kappa shape index (κ1) is 32.7. The van der Waals surface area contributed by atoms with E-state index in [-0.39, 0.29) is 41.3 Å². The molecule has 4 fully saturated rings. The lowest BCUT2D eigenvalue weighted by molar-refractivity contribution is -0.125. The number of anilines is 1. The average molecular weight is 638 g/mol. The van der Waals surface area contributed by atoms with E-state index in [4.69, 9.17) is 0 Å². The highest BCUT2D eigenvalue weighted by atomic mass is 32.2. The number of piperidine rings is 1. The largest absolute Gasteiger partial charge is 0.369 e. The standard InChI is InChI=1S/C31H51N5O5S2/c1-23-7-5-6-8-27(23)35-16-18-36(19-17-35)43(40,41)22-31-13-9-24(30(31,2)3)21-28(31)34-29(37)26(12-20-42(4,38)39)33-25-10-14-32-15-11-25/h5-8,24-26,28,32-33H,9-22H2,1-4H3,(H,34,37)/t24-,26+,28+,31-/m1/s1. The summed E-state index contributed by atoms with van der Waals surface area (Å²) >= 11 is 0. The molecule has 12 heteroatoms. The Kier molecular flexibility index (Phi) is 9.55. The maximum atomic E-state index is 14.1. The van der Waals surface area contributed by atoms with Gasteiger partial charge in [-0.3, -0.25) is 4.79 Å². The van der Waals surface area contributed by atoms with Crippen molar-refractivity contribution in [3.05, 3.63) is 29.8 Å². The van der Waals surface area contributed by atoms with Crippen LogP contribution in [0.4, 0.5) is 5.69 Å². The summed E-state index contributed by atoms with van der Waals surface area (Å²) in [7, 11) is -6.83. The molecule has 0 radical (unpaired) electrons. The summed E-state index contributed by atoms with van der Waals surface area (Å²) in [6, 6.07) is 7.44. The normalized spacial score (nSPS) is 29.1. The first-order valence-corrected chi connectivity index (χ1v) is 19.6. The number of rotatable bonds is 11. The Labute approximate surface area is 258 Å². The number of sulfonamides is 1. The molecular weight excluding hydrogens is 587 g/mol. The van der Waals surface area contributed by atoms with Crippen LogP contribution in [-0.4, -0.2) is 102 Å². The molecule has 1 aromatic carbocycles. The molecule has 2 aliphatic heterocycles. The lowest BCUT2D eigenvalue weighted by Crippen LogP contribution is -2.59. The van der Waals surface area contributed by atoms with Crippen molar-refractivity contribution >= 4 is 31.5 Å². The summed E-state index contributed by atoms with van der Waals surface area (Å²) in [5.41, 5.74) is 1.52. The third-order valence-electron chi connectivity index (χ3n) is 11.1. The molecule has 2 saturated carbocycles. The fraction of sp³-hybridized carbons (Fsp3) is 0.774. The van der Waals surface area contributed by atoms with Crippen molar-refractivity contribution < 1.29 is 21.6 Å². The molecule has 0 aromatic heterocycles. The molecule has 1 aromatic rings. The van der Waals surface area contributed by atoms with Crippen molar-refractivity contribution in [1.29, 1.82) is 0 Å². The number of carbonyl (C=O) groups excluding carboxylic acids is 1. The topological polar surface area (TPSA) is 128 Å². The van der Waals surface area contributed by atoms with Crippen molar-refractivity contribution in [3.63, 3.8) is 0 Å². The number of aryl methyl sites for hydroxylation is 1. The summed E-state index contributed by atoms with van der Waals surface area (Å²) < 4.78 is 53.8. The predicted molar refractivity (Wildman–Crippen MR) is 171 cm³/mol. The summed E-state index contributed by atoms with van der Waals surface area (Å²) in [4.78, 5) is 16.1. The van der Waals surface area contributed by atoms with Crippen molar-refractivity contribution in [2.45, 2.75) is 77.4 Å². The van der Waals surface area contributed by atoms with Crippen LogP contribution in [0.2, 0.25) is 0 Å². The Morgan fingerprint density at radius 3 is 2.35 bits per heavy atom. The van der Waals surface area contributed by atoms with Gasteiger partial charge in [-0.05, 0) is 81.5 Å². The van der Waals surface area contributed by atoms with Gasteiger partial charge in [0.15, 0.2) is 0 Å². The third kappa shape index (κ3) is 6.93. The summed E-state index contributed by atoms with van der Waals surface area (Å²) in [5.74, 6) is 0.0709. The van der Waals surface area contributed by atoms with Gasteiger partial charge in [0.1, 0.15) is 9.84 Å². The fourth-order valence-electron chi connectivity index (χ4n) is 8.33. The number of carbonyl (C=O) groups is 1. The van der Waals surface area contributed by atoms with E-state index >= 15 is 0 Å². The zero-order valence-electron chi connectivity index (χ0n) is 26.3. The van der Waals surface area contributed by atoms with E-state index in [2.05, 4.69) is 53.8 Å². The second-order valence-electron chi connectivity index (χ2n) is 14.0. The van der Waals surface area contributed by atoms with Crippen LogP contribution in [0.3, 0.4) is 0 Å². The number of nitrogens with one attached hydrogen (secondary N) is 3. The molecule has 43 heavy (non-hydrogen) atoms. The fourth-order valence-corrected chi connectivity index (χ4v) is 11.3.